The van der Waals surface area contributed by atoms with Gasteiger partial charge in [0.05, 0.1) is 4.90 Å². The molecule has 2 aromatic rings. The Balaban J connectivity index is 2.27. The lowest BCUT2D eigenvalue weighted by Crippen LogP contribution is -2.27. The third-order valence-electron chi connectivity index (χ3n) is 3.01. The highest BCUT2D eigenvalue weighted by Gasteiger charge is 2.18. The first kappa shape index (κ1) is 14.6. The summed E-state index contributed by atoms with van der Waals surface area (Å²) in [6, 6.07) is 13.9. The molecule has 0 fully saturated rings. The Morgan fingerprint density at radius 1 is 1.10 bits per heavy atom. The summed E-state index contributed by atoms with van der Waals surface area (Å²) < 4.78 is 27.4. The molecule has 4 nitrogen and oxygen atoms in total. The first-order valence-electron chi connectivity index (χ1n) is 6.33. The van der Waals surface area contributed by atoms with Gasteiger partial charge >= 0.3 is 0 Å². The second kappa shape index (κ2) is 5.64. The number of nitrogens with two attached hydrogens (primary N) is 1. The van der Waals surface area contributed by atoms with E-state index in [4.69, 9.17) is 5.73 Å². The number of rotatable bonds is 4. The van der Waals surface area contributed by atoms with Crippen LogP contribution in [-0.2, 0) is 10.0 Å². The summed E-state index contributed by atoms with van der Waals surface area (Å²) in [5.74, 6) is 0. The van der Waals surface area contributed by atoms with Crippen LogP contribution in [0.5, 0.6) is 0 Å². The fraction of sp³-hybridized carbons (Fsp3) is 0.200. The Hall–Kier alpha value is -1.85. The molecule has 0 saturated carbocycles. The quantitative estimate of drug-likeness (QED) is 0.850. The number of hydrogen-bond acceptors (Lipinski definition) is 3. The van der Waals surface area contributed by atoms with Gasteiger partial charge in [-0.25, -0.2) is 13.1 Å². The molecular weight excluding hydrogens is 272 g/mol. The SMILES string of the molecule is Cc1cc(N)cc(S(=O)(=O)N[C@H](C)c2ccccc2)c1. The highest BCUT2D eigenvalue weighted by atomic mass is 32.2. The predicted octanol–water partition coefficient (Wildman–Crippen LogP) is 2.62. The summed E-state index contributed by atoms with van der Waals surface area (Å²) in [6.45, 7) is 3.63. The number of nitrogen functional groups attached to an aromatic ring is 1. The standard InChI is InChI=1S/C15H18N2O2S/c1-11-8-14(16)10-15(9-11)20(18,19)17-12(2)13-6-4-3-5-7-13/h3-10,12,17H,16H2,1-2H3/t12-/m1/s1. The van der Waals surface area contributed by atoms with E-state index >= 15 is 0 Å². The summed E-state index contributed by atoms with van der Waals surface area (Å²) in [5, 5.41) is 0. The van der Waals surface area contributed by atoms with Crippen LogP contribution in [0.25, 0.3) is 0 Å². The van der Waals surface area contributed by atoms with Crippen molar-refractivity contribution in [2.75, 3.05) is 5.73 Å². The largest absolute Gasteiger partial charge is 0.399 e. The van der Waals surface area contributed by atoms with Crippen LogP contribution in [0, 0.1) is 6.92 Å². The van der Waals surface area contributed by atoms with Crippen LogP contribution < -0.4 is 10.5 Å². The van der Waals surface area contributed by atoms with Crippen molar-refractivity contribution in [1.82, 2.24) is 4.72 Å². The molecule has 0 aliphatic rings. The normalized spacial score (nSPS) is 13.1. The number of aryl methyl sites for hydroxylation is 1. The smallest absolute Gasteiger partial charge is 0.241 e. The molecule has 0 aliphatic heterocycles. The van der Waals surface area contributed by atoms with Gasteiger partial charge in [0.15, 0.2) is 0 Å². The van der Waals surface area contributed by atoms with Crippen LogP contribution in [-0.4, -0.2) is 8.42 Å². The summed E-state index contributed by atoms with van der Waals surface area (Å²) in [6.07, 6.45) is 0. The van der Waals surface area contributed by atoms with Gasteiger partial charge in [-0.1, -0.05) is 30.3 Å². The molecule has 0 radical (unpaired) electrons. The van der Waals surface area contributed by atoms with Gasteiger partial charge in [-0.05, 0) is 43.2 Å². The van der Waals surface area contributed by atoms with E-state index in [-0.39, 0.29) is 10.9 Å². The minimum atomic E-state index is -3.58. The number of benzene rings is 2. The maximum Gasteiger partial charge on any atom is 0.241 e. The topological polar surface area (TPSA) is 72.2 Å². The minimum Gasteiger partial charge on any atom is -0.399 e. The molecule has 0 amide bonds. The average Bonchev–Trinajstić information content (AvgIpc) is 2.38. The van der Waals surface area contributed by atoms with E-state index in [1.807, 2.05) is 44.2 Å². The number of hydrogen-bond donors (Lipinski definition) is 2. The van der Waals surface area contributed by atoms with E-state index in [0.717, 1.165) is 11.1 Å². The first-order chi connectivity index (χ1) is 9.38. The fourth-order valence-corrected chi connectivity index (χ4v) is 3.41. The average molecular weight is 290 g/mol. The molecule has 1 atom stereocenters. The minimum absolute atomic E-state index is 0.192. The molecule has 2 rings (SSSR count). The van der Waals surface area contributed by atoms with Crippen molar-refractivity contribution in [2.45, 2.75) is 24.8 Å². The monoisotopic (exact) mass is 290 g/mol. The Morgan fingerprint density at radius 3 is 2.35 bits per heavy atom. The van der Waals surface area contributed by atoms with E-state index in [9.17, 15) is 8.42 Å². The maximum absolute atomic E-state index is 12.4. The molecule has 0 unspecified atom stereocenters. The zero-order chi connectivity index (χ0) is 14.8. The number of anilines is 1. The highest BCUT2D eigenvalue weighted by molar-refractivity contribution is 7.89. The molecule has 0 spiro atoms. The van der Waals surface area contributed by atoms with Crippen molar-refractivity contribution < 1.29 is 8.42 Å². The lowest BCUT2D eigenvalue weighted by Gasteiger charge is -2.15. The second-order valence-corrected chi connectivity index (χ2v) is 6.55. The molecule has 106 valence electrons. The van der Waals surface area contributed by atoms with E-state index in [0.29, 0.717) is 5.69 Å². The maximum atomic E-state index is 12.4. The second-order valence-electron chi connectivity index (χ2n) is 4.83. The molecule has 2 aromatic carbocycles. The number of nitrogens with one attached hydrogen (secondary N) is 1. The Kier molecular flexibility index (Phi) is 4.11. The van der Waals surface area contributed by atoms with E-state index < -0.39 is 10.0 Å². The van der Waals surface area contributed by atoms with Crippen LogP contribution in [0.1, 0.15) is 24.1 Å². The van der Waals surface area contributed by atoms with Gasteiger partial charge in [0.25, 0.3) is 0 Å². The van der Waals surface area contributed by atoms with E-state index in [1.54, 1.807) is 12.1 Å². The van der Waals surface area contributed by atoms with Gasteiger partial charge < -0.3 is 5.73 Å². The van der Waals surface area contributed by atoms with Crippen LogP contribution in [0.4, 0.5) is 5.69 Å². The molecule has 5 heteroatoms. The molecule has 20 heavy (non-hydrogen) atoms. The zero-order valence-electron chi connectivity index (χ0n) is 11.5. The molecule has 0 saturated heterocycles. The summed E-state index contributed by atoms with van der Waals surface area (Å²) >= 11 is 0. The van der Waals surface area contributed by atoms with E-state index in [2.05, 4.69) is 4.72 Å². The van der Waals surface area contributed by atoms with Gasteiger partial charge in [0.2, 0.25) is 10.0 Å². The Morgan fingerprint density at radius 2 is 1.75 bits per heavy atom. The van der Waals surface area contributed by atoms with Crippen molar-refractivity contribution in [3.8, 4) is 0 Å². The molecular formula is C15H18N2O2S. The zero-order valence-corrected chi connectivity index (χ0v) is 12.3. The van der Waals surface area contributed by atoms with Gasteiger partial charge in [-0.2, -0.15) is 0 Å². The van der Waals surface area contributed by atoms with E-state index in [1.165, 1.54) is 6.07 Å². The summed E-state index contributed by atoms with van der Waals surface area (Å²) in [5.41, 5.74) is 7.88. The lowest BCUT2D eigenvalue weighted by molar-refractivity contribution is 0.567. The fourth-order valence-electron chi connectivity index (χ4n) is 2.04. The van der Waals surface area contributed by atoms with Crippen molar-refractivity contribution in [2.24, 2.45) is 0 Å². The summed E-state index contributed by atoms with van der Waals surface area (Å²) in [7, 11) is -3.58. The van der Waals surface area contributed by atoms with Crippen LogP contribution >= 0.6 is 0 Å². The van der Waals surface area contributed by atoms with Gasteiger partial charge in [-0.3, -0.25) is 0 Å². The third-order valence-corrected chi connectivity index (χ3v) is 4.54. The highest BCUT2D eigenvalue weighted by Crippen LogP contribution is 2.19. The van der Waals surface area contributed by atoms with Crippen molar-refractivity contribution in [3.05, 3.63) is 59.7 Å². The Bertz CT molecular complexity index is 677. The van der Waals surface area contributed by atoms with Crippen molar-refractivity contribution in [3.63, 3.8) is 0 Å². The lowest BCUT2D eigenvalue weighted by atomic mass is 10.1. The van der Waals surface area contributed by atoms with Crippen LogP contribution in [0.2, 0.25) is 0 Å². The molecule has 0 aromatic heterocycles. The molecule has 0 bridgehead atoms. The summed E-state index contributed by atoms with van der Waals surface area (Å²) in [4.78, 5) is 0.192. The predicted molar refractivity (Wildman–Crippen MR) is 80.8 cm³/mol. The van der Waals surface area contributed by atoms with Crippen LogP contribution in [0.15, 0.2) is 53.4 Å². The molecule has 0 aliphatic carbocycles. The van der Waals surface area contributed by atoms with Gasteiger partial charge in [-0.15, -0.1) is 0 Å². The van der Waals surface area contributed by atoms with Gasteiger partial charge in [0.1, 0.15) is 0 Å². The van der Waals surface area contributed by atoms with Crippen molar-refractivity contribution in [1.29, 1.82) is 0 Å². The molecule has 3 N–H and O–H groups in total. The number of sulfonamides is 1. The Labute approximate surface area is 119 Å². The van der Waals surface area contributed by atoms with Gasteiger partial charge in [0, 0.05) is 11.7 Å². The van der Waals surface area contributed by atoms with Crippen LogP contribution in [0.3, 0.4) is 0 Å². The first-order valence-corrected chi connectivity index (χ1v) is 7.81. The third kappa shape index (κ3) is 3.37. The molecule has 0 heterocycles. The van der Waals surface area contributed by atoms with Crippen molar-refractivity contribution >= 4 is 15.7 Å².